The van der Waals surface area contributed by atoms with Crippen LogP contribution in [0.3, 0.4) is 0 Å². The molecular formula is C24H26Br2N2O. The summed E-state index contributed by atoms with van der Waals surface area (Å²) in [6, 6.07) is 13.0. The maximum atomic E-state index is 10.9. The predicted molar refractivity (Wildman–Crippen MR) is 129 cm³/mol. The normalized spacial score (nSPS) is 23.4. The van der Waals surface area contributed by atoms with Gasteiger partial charge in [-0.3, -0.25) is 0 Å². The van der Waals surface area contributed by atoms with Gasteiger partial charge in [0, 0.05) is 38.8 Å². The van der Waals surface area contributed by atoms with Crippen LogP contribution in [0.4, 0.5) is 11.4 Å². The number of nitrogens with one attached hydrogen (secondary N) is 1. The summed E-state index contributed by atoms with van der Waals surface area (Å²) >= 11 is 7.27. The Hall–Kier alpha value is -1.56. The lowest BCUT2D eigenvalue weighted by molar-refractivity contribution is 0.190. The number of aryl methyl sites for hydroxylation is 2. The lowest BCUT2D eigenvalue weighted by atomic mass is 9.76. The van der Waals surface area contributed by atoms with Crippen LogP contribution in [0.5, 0.6) is 0 Å². The molecular weight excluding hydrogens is 492 g/mol. The molecule has 1 aliphatic heterocycles. The first-order valence-electron chi connectivity index (χ1n) is 9.90. The number of anilines is 2. The molecule has 4 rings (SSSR count). The number of halogens is 2. The number of β-amino-alcohol motifs (C(OH)–C–C–N with tert-alkyl or cyclic N) is 1. The molecule has 0 radical (unpaired) electrons. The molecule has 0 saturated heterocycles. The lowest BCUT2D eigenvalue weighted by Crippen LogP contribution is -2.46. The first-order chi connectivity index (χ1) is 13.8. The molecule has 0 aromatic heterocycles. The molecule has 29 heavy (non-hydrogen) atoms. The topological polar surface area (TPSA) is 35.5 Å². The molecule has 0 amide bonds. The fourth-order valence-electron chi connectivity index (χ4n) is 4.62. The van der Waals surface area contributed by atoms with Crippen molar-refractivity contribution in [3.05, 3.63) is 80.3 Å². The number of aliphatic hydroxyl groups excluding tert-OH is 1. The van der Waals surface area contributed by atoms with Crippen LogP contribution in [-0.4, -0.2) is 30.3 Å². The van der Waals surface area contributed by atoms with Gasteiger partial charge in [-0.25, -0.2) is 0 Å². The van der Waals surface area contributed by atoms with Crippen molar-refractivity contribution in [3.63, 3.8) is 0 Å². The van der Waals surface area contributed by atoms with E-state index >= 15 is 0 Å². The van der Waals surface area contributed by atoms with Crippen LogP contribution in [0, 0.1) is 13.8 Å². The number of hydrogen-bond donors (Lipinski definition) is 2. The zero-order chi connectivity index (χ0) is 20.8. The van der Waals surface area contributed by atoms with Crippen molar-refractivity contribution < 1.29 is 5.11 Å². The summed E-state index contributed by atoms with van der Waals surface area (Å²) in [5.41, 5.74) is 5.85. The quantitative estimate of drug-likeness (QED) is 0.523. The van der Waals surface area contributed by atoms with Crippen molar-refractivity contribution in [2.24, 2.45) is 0 Å². The highest BCUT2D eigenvalue weighted by molar-refractivity contribution is 9.12. The van der Waals surface area contributed by atoms with Crippen molar-refractivity contribution in [2.45, 2.75) is 38.3 Å². The Labute approximate surface area is 189 Å². The van der Waals surface area contributed by atoms with E-state index in [1.54, 1.807) is 0 Å². The Morgan fingerprint density at radius 3 is 2.59 bits per heavy atom. The van der Waals surface area contributed by atoms with Gasteiger partial charge in [0.2, 0.25) is 0 Å². The maximum Gasteiger partial charge on any atom is 0.0887 e. The van der Waals surface area contributed by atoms with E-state index in [1.165, 1.54) is 22.4 Å². The van der Waals surface area contributed by atoms with Gasteiger partial charge >= 0.3 is 0 Å². The van der Waals surface area contributed by atoms with Gasteiger partial charge in [-0.15, -0.1) is 0 Å². The number of fused-ring (bicyclic) bond motifs is 3. The van der Waals surface area contributed by atoms with Crippen LogP contribution in [0.2, 0.25) is 0 Å². The molecule has 3 nitrogen and oxygen atoms in total. The minimum Gasteiger partial charge on any atom is -0.389 e. The van der Waals surface area contributed by atoms with E-state index in [9.17, 15) is 5.11 Å². The molecule has 0 fully saturated rings. The maximum absolute atomic E-state index is 10.9. The van der Waals surface area contributed by atoms with Gasteiger partial charge in [0.05, 0.1) is 12.1 Å². The number of benzene rings is 2. The van der Waals surface area contributed by atoms with Gasteiger partial charge in [-0.05, 0) is 67.8 Å². The van der Waals surface area contributed by atoms with Crippen molar-refractivity contribution in [3.8, 4) is 0 Å². The van der Waals surface area contributed by atoms with Crippen LogP contribution in [-0.2, 0) is 5.41 Å². The van der Waals surface area contributed by atoms with E-state index < -0.39 is 6.10 Å². The standard InChI is InChI=1S/C24H26Br2N2O/c1-15-8-16(2)10-19(9-15)27-13-20(29)14-28-22-6-4-17(25)11-21(22)24(3)12-18(26)5-7-23(24)28/h4-12,20,23,27,29H,13-14H2,1-3H3. The molecule has 1 aliphatic carbocycles. The Morgan fingerprint density at radius 1 is 1.14 bits per heavy atom. The van der Waals surface area contributed by atoms with Crippen molar-refractivity contribution in [1.29, 1.82) is 0 Å². The van der Waals surface area contributed by atoms with E-state index in [2.05, 4.69) is 117 Å². The minimum atomic E-state index is -0.489. The summed E-state index contributed by atoms with van der Waals surface area (Å²) in [6.45, 7) is 7.54. The number of rotatable bonds is 5. The summed E-state index contributed by atoms with van der Waals surface area (Å²) in [6.07, 6.45) is 6.14. The summed E-state index contributed by atoms with van der Waals surface area (Å²) in [5.74, 6) is 0. The van der Waals surface area contributed by atoms with Crippen molar-refractivity contribution >= 4 is 43.2 Å². The molecule has 0 spiro atoms. The third-order valence-corrected chi connectivity index (χ3v) is 6.83. The van der Waals surface area contributed by atoms with E-state index in [0.717, 1.165) is 14.6 Å². The van der Waals surface area contributed by atoms with Crippen LogP contribution >= 0.6 is 31.9 Å². The Kier molecular flexibility index (Phi) is 5.66. The third kappa shape index (κ3) is 4.05. The highest BCUT2D eigenvalue weighted by atomic mass is 79.9. The zero-order valence-corrected chi connectivity index (χ0v) is 20.1. The van der Waals surface area contributed by atoms with E-state index in [-0.39, 0.29) is 11.5 Å². The lowest BCUT2D eigenvalue weighted by Gasteiger charge is -2.36. The number of hydrogen-bond acceptors (Lipinski definition) is 3. The molecule has 2 aromatic carbocycles. The fourth-order valence-corrected chi connectivity index (χ4v) is 5.61. The van der Waals surface area contributed by atoms with Crippen molar-refractivity contribution in [1.82, 2.24) is 0 Å². The molecule has 5 heteroatoms. The Balaban J connectivity index is 1.54. The molecule has 2 N–H and O–H groups in total. The Bertz CT molecular complexity index is 980. The molecule has 1 heterocycles. The minimum absolute atomic E-state index is 0.131. The monoisotopic (exact) mass is 516 g/mol. The molecule has 0 saturated carbocycles. The first-order valence-corrected chi connectivity index (χ1v) is 11.5. The first kappa shape index (κ1) is 20.7. The van der Waals surface area contributed by atoms with E-state index in [4.69, 9.17) is 0 Å². The summed E-state index contributed by atoms with van der Waals surface area (Å²) in [7, 11) is 0. The Morgan fingerprint density at radius 2 is 1.86 bits per heavy atom. The number of nitrogens with zero attached hydrogens (tertiary/aromatic N) is 1. The molecule has 0 bridgehead atoms. The number of allylic oxidation sites excluding steroid dienone is 2. The smallest absolute Gasteiger partial charge is 0.0887 e. The van der Waals surface area contributed by atoms with Crippen LogP contribution < -0.4 is 10.2 Å². The van der Waals surface area contributed by atoms with Gasteiger partial charge in [-0.2, -0.15) is 0 Å². The third-order valence-electron chi connectivity index (χ3n) is 5.84. The highest BCUT2D eigenvalue weighted by Gasteiger charge is 2.46. The summed E-state index contributed by atoms with van der Waals surface area (Å²) in [4.78, 5) is 2.34. The van der Waals surface area contributed by atoms with Gasteiger partial charge in [0.15, 0.2) is 0 Å². The van der Waals surface area contributed by atoms with E-state index in [1.807, 2.05) is 0 Å². The average Bonchev–Trinajstić information content (AvgIpc) is 2.86. The molecule has 2 aliphatic rings. The van der Waals surface area contributed by atoms with Crippen molar-refractivity contribution in [2.75, 3.05) is 23.3 Å². The largest absolute Gasteiger partial charge is 0.389 e. The summed E-state index contributed by atoms with van der Waals surface area (Å²) in [5, 5.41) is 14.3. The summed E-state index contributed by atoms with van der Waals surface area (Å²) < 4.78 is 2.18. The fraction of sp³-hybridized carbons (Fsp3) is 0.333. The average molecular weight is 518 g/mol. The second kappa shape index (κ2) is 7.93. The second-order valence-electron chi connectivity index (χ2n) is 8.34. The molecule has 3 atom stereocenters. The molecule has 3 unspecified atom stereocenters. The molecule has 2 aromatic rings. The van der Waals surface area contributed by atoms with Crippen LogP contribution in [0.25, 0.3) is 0 Å². The predicted octanol–water partition coefficient (Wildman–Crippen LogP) is 5.83. The molecule has 152 valence electrons. The zero-order valence-electron chi connectivity index (χ0n) is 16.9. The number of aliphatic hydroxyl groups is 1. The van der Waals surface area contributed by atoms with Gasteiger partial charge in [-0.1, -0.05) is 56.2 Å². The van der Waals surface area contributed by atoms with Gasteiger partial charge < -0.3 is 15.3 Å². The SMILES string of the molecule is Cc1cc(C)cc(NCC(O)CN2c3ccc(Br)cc3C3(C)C=C(Br)C=CC23)c1. The highest BCUT2D eigenvalue weighted by Crippen LogP contribution is 2.50. The van der Waals surface area contributed by atoms with Crippen LogP contribution in [0.15, 0.2) is 63.6 Å². The van der Waals surface area contributed by atoms with Crippen LogP contribution in [0.1, 0.15) is 23.6 Å². The van der Waals surface area contributed by atoms with Gasteiger partial charge in [0.1, 0.15) is 0 Å². The van der Waals surface area contributed by atoms with Gasteiger partial charge in [0.25, 0.3) is 0 Å². The van der Waals surface area contributed by atoms with E-state index in [0.29, 0.717) is 13.1 Å². The second-order valence-corrected chi connectivity index (χ2v) is 10.2.